The van der Waals surface area contributed by atoms with Gasteiger partial charge in [0, 0.05) is 43.7 Å². The van der Waals surface area contributed by atoms with Crippen molar-refractivity contribution < 1.29 is 4.79 Å². The number of pyridine rings is 1. The number of hydrogen-bond acceptors (Lipinski definition) is 3. The summed E-state index contributed by atoms with van der Waals surface area (Å²) in [6.07, 6.45) is 1.47. The average Bonchev–Trinajstić information content (AvgIpc) is 2.53. The molecular formula is C17H22Cl3N3O2. The number of carbonyl (C=O) groups excluding carboxylic acids is 1. The molecule has 1 amide bonds. The summed E-state index contributed by atoms with van der Waals surface area (Å²) in [5, 5.41) is 2.87. The molecule has 3 heterocycles. The standard InChI is InChI=1S/C17H22Cl3N3O2/c1-2-4-14(24)21-16(17(18,19)20)22-8-11-7-12(10-22)13-5-3-6-15(25)23(13)9-11/h3,5-6,11-12,16H,2,4,7-10H2,1H3,(H,21,24)/t11-,12+,16+/m0/s1. The van der Waals surface area contributed by atoms with Crippen LogP contribution in [-0.4, -0.2) is 38.4 Å². The Hall–Kier alpha value is -0.750. The fourth-order valence-electron chi connectivity index (χ4n) is 3.98. The van der Waals surface area contributed by atoms with E-state index in [0.29, 0.717) is 32.0 Å². The number of amides is 1. The first-order valence-electron chi connectivity index (χ1n) is 8.59. The Morgan fingerprint density at radius 2 is 2.08 bits per heavy atom. The molecule has 138 valence electrons. The lowest BCUT2D eigenvalue weighted by Gasteiger charge is -2.47. The van der Waals surface area contributed by atoms with Crippen LogP contribution in [-0.2, 0) is 11.3 Å². The van der Waals surface area contributed by atoms with Gasteiger partial charge in [-0.1, -0.05) is 47.8 Å². The van der Waals surface area contributed by atoms with E-state index in [1.165, 1.54) is 0 Å². The summed E-state index contributed by atoms with van der Waals surface area (Å²) in [6.45, 7) is 3.93. The number of likely N-dealkylation sites (tertiary alicyclic amines) is 1. The Morgan fingerprint density at radius 3 is 2.76 bits per heavy atom. The first kappa shape index (κ1) is 19.0. The predicted octanol–water partition coefficient (Wildman–Crippen LogP) is 2.88. The summed E-state index contributed by atoms with van der Waals surface area (Å²) in [5.41, 5.74) is 1.06. The molecule has 1 fully saturated rings. The number of alkyl halides is 3. The van der Waals surface area contributed by atoms with Crippen molar-refractivity contribution in [2.75, 3.05) is 13.1 Å². The second-order valence-electron chi connectivity index (χ2n) is 6.91. The van der Waals surface area contributed by atoms with Gasteiger partial charge in [-0.15, -0.1) is 0 Å². The Bertz CT molecular complexity index is 701. The van der Waals surface area contributed by atoms with Crippen LogP contribution >= 0.6 is 34.8 Å². The summed E-state index contributed by atoms with van der Waals surface area (Å²) in [5.74, 6) is 0.370. The zero-order valence-corrected chi connectivity index (χ0v) is 16.3. The highest BCUT2D eigenvalue weighted by Crippen LogP contribution is 2.39. The molecule has 0 radical (unpaired) electrons. The molecule has 25 heavy (non-hydrogen) atoms. The molecule has 1 saturated heterocycles. The Kier molecular flexibility index (Phi) is 5.69. The molecule has 5 nitrogen and oxygen atoms in total. The third kappa shape index (κ3) is 4.16. The monoisotopic (exact) mass is 405 g/mol. The summed E-state index contributed by atoms with van der Waals surface area (Å²) in [6, 6.07) is 5.38. The molecule has 0 aliphatic carbocycles. The van der Waals surface area contributed by atoms with Gasteiger partial charge in [-0.25, -0.2) is 0 Å². The molecule has 3 rings (SSSR count). The van der Waals surface area contributed by atoms with Crippen LogP contribution in [0.15, 0.2) is 23.0 Å². The first-order valence-corrected chi connectivity index (χ1v) is 9.73. The van der Waals surface area contributed by atoms with Crippen molar-refractivity contribution in [2.24, 2.45) is 5.92 Å². The van der Waals surface area contributed by atoms with Gasteiger partial charge in [-0.2, -0.15) is 0 Å². The zero-order valence-electron chi connectivity index (χ0n) is 14.1. The van der Waals surface area contributed by atoms with Crippen molar-refractivity contribution >= 4 is 40.7 Å². The van der Waals surface area contributed by atoms with E-state index in [0.717, 1.165) is 18.5 Å². The first-order chi connectivity index (χ1) is 11.8. The molecule has 0 unspecified atom stereocenters. The molecule has 3 atom stereocenters. The Morgan fingerprint density at radius 1 is 1.32 bits per heavy atom. The summed E-state index contributed by atoms with van der Waals surface area (Å²) in [7, 11) is 0. The second kappa shape index (κ2) is 7.47. The van der Waals surface area contributed by atoms with E-state index in [1.807, 2.05) is 22.5 Å². The summed E-state index contributed by atoms with van der Waals surface area (Å²) in [4.78, 5) is 26.2. The van der Waals surface area contributed by atoms with Crippen molar-refractivity contribution in [3.05, 3.63) is 34.2 Å². The molecule has 2 bridgehead atoms. The number of hydrogen-bond donors (Lipinski definition) is 1. The van der Waals surface area contributed by atoms with Crippen molar-refractivity contribution in [3.63, 3.8) is 0 Å². The topological polar surface area (TPSA) is 54.3 Å². The maximum atomic E-state index is 12.1. The van der Waals surface area contributed by atoms with Crippen molar-refractivity contribution in [1.82, 2.24) is 14.8 Å². The van der Waals surface area contributed by atoms with E-state index in [1.54, 1.807) is 12.1 Å². The molecule has 2 aliphatic heterocycles. The van der Waals surface area contributed by atoms with Gasteiger partial charge in [0.15, 0.2) is 0 Å². The minimum Gasteiger partial charge on any atom is -0.337 e. The number of rotatable bonds is 4. The zero-order chi connectivity index (χ0) is 18.2. The third-order valence-corrected chi connectivity index (χ3v) is 5.58. The van der Waals surface area contributed by atoms with Crippen LogP contribution in [0, 0.1) is 5.92 Å². The maximum Gasteiger partial charge on any atom is 0.250 e. The van der Waals surface area contributed by atoms with Gasteiger partial charge < -0.3 is 9.88 Å². The van der Waals surface area contributed by atoms with Crippen molar-refractivity contribution in [3.8, 4) is 0 Å². The van der Waals surface area contributed by atoms with Crippen LogP contribution < -0.4 is 10.9 Å². The van der Waals surface area contributed by atoms with E-state index >= 15 is 0 Å². The quantitative estimate of drug-likeness (QED) is 0.782. The lowest BCUT2D eigenvalue weighted by atomic mass is 9.83. The molecule has 0 aromatic carbocycles. The normalized spacial score (nSPS) is 24.5. The molecule has 1 aromatic rings. The van der Waals surface area contributed by atoms with Crippen LogP contribution in [0.1, 0.15) is 37.8 Å². The van der Waals surface area contributed by atoms with E-state index in [9.17, 15) is 9.59 Å². The molecule has 1 aromatic heterocycles. The average molecular weight is 407 g/mol. The van der Waals surface area contributed by atoms with E-state index in [2.05, 4.69) is 5.32 Å². The van der Waals surface area contributed by atoms with Crippen LogP contribution in [0.2, 0.25) is 0 Å². The molecule has 0 spiro atoms. The van der Waals surface area contributed by atoms with E-state index in [4.69, 9.17) is 34.8 Å². The van der Waals surface area contributed by atoms with Gasteiger partial charge in [0.2, 0.25) is 9.70 Å². The highest BCUT2D eigenvalue weighted by molar-refractivity contribution is 6.68. The van der Waals surface area contributed by atoms with Crippen LogP contribution in [0.25, 0.3) is 0 Å². The number of aromatic nitrogens is 1. The molecule has 8 heteroatoms. The number of nitrogens with zero attached hydrogens (tertiary/aromatic N) is 2. The predicted molar refractivity (Wildman–Crippen MR) is 100 cm³/mol. The molecule has 2 aliphatic rings. The summed E-state index contributed by atoms with van der Waals surface area (Å²) >= 11 is 18.5. The molecule has 1 N–H and O–H groups in total. The number of nitrogens with one attached hydrogen (secondary N) is 1. The molecular weight excluding hydrogens is 385 g/mol. The summed E-state index contributed by atoms with van der Waals surface area (Å²) < 4.78 is 0.238. The van der Waals surface area contributed by atoms with E-state index in [-0.39, 0.29) is 17.4 Å². The second-order valence-corrected chi connectivity index (χ2v) is 9.28. The lowest BCUT2D eigenvalue weighted by molar-refractivity contribution is -0.123. The Balaban J connectivity index is 1.84. The minimum atomic E-state index is -1.62. The van der Waals surface area contributed by atoms with Gasteiger partial charge in [0.1, 0.15) is 6.17 Å². The molecule has 0 saturated carbocycles. The number of piperidine rings is 1. The van der Waals surface area contributed by atoms with Gasteiger partial charge in [-0.3, -0.25) is 14.5 Å². The minimum absolute atomic E-state index is 0.0369. The smallest absolute Gasteiger partial charge is 0.250 e. The van der Waals surface area contributed by atoms with Crippen LogP contribution in [0.5, 0.6) is 0 Å². The SMILES string of the molecule is CCCC(=O)N[C@H](N1C[C@@H]2C[C@H](C1)c1cccc(=O)n1C2)C(Cl)(Cl)Cl. The maximum absolute atomic E-state index is 12.1. The fraction of sp³-hybridized carbons (Fsp3) is 0.647. The van der Waals surface area contributed by atoms with E-state index < -0.39 is 9.96 Å². The number of fused-ring (bicyclic) bond motifs is 4. The third-order valence-electron chi connectivity index (χ3n) is 4.96. The number of halogens is 3. The van der Waals surface area contributed by atoms with Crippen LogP contribution in [0.3, 0.4) is 0 Å². The largest absolute Gasteiger partial charge is 0.337 e. The van der Waals surface area contributed by atoms with Gasteiger partial charge in [0.25, 0.3) is 5.56 Å². The lowest BCUT2D eigenvalue weighted by Crippen LogP contribution is -2.60. The highest BCUT2D eigenvalue weighted by Gasteiger charge is 2.44. The number of carbonyl (C=O) groups is 1. The van der Waals surface area contributed by atoms with Gasteiger partial charge in [-0.05, 0) is 24.8 Å². The Labute approximate surface area is 162 Å². The van der Waals surface area contributed by atoms with Gasteiger partial charge >= 0.3 is 0 Å². The van der Waals surface area contributed by atoms with Gasteiger partial charge in [0.05, 0.1) is 0 Å². The fourth-order valence-corrected chi connectivity index (χ4v) is 4.55. The van der Waals surface area contributed by atoms with Crippen molar-refractivity contribution in [2.45, 2.75) is 48.6 Å². The van der Waals surface area contributed by atoms with Crippen molar-refractivity contribution in [1.29, 1.82) is 0 Å². The van der Waals surface area contributed by atoms with Crippen LogP contribution in [0.4, 0.5) is 0 Å². The highest BCUT2D eigenvalue weighted by atomic mass is 35.6.